The average molecular weight is 334 g/mol. The number of ketones is 1. The van der Waals surface area contributed by atoms with Crippen molar-refractivity contribution in [3.63, 3.8) is 0 Å². The number of carbonyl (C=O) groups excluding carboxylic acids is 2. The maximum Gasteiger partial charge on any atom is 0.334 e. The maximum absolute atomic E-state index is 13.4. The van der Waals surface area contributed by atoms with Gasteiger partial charge in [0.15, 0.2) is 11.3 Å². The SMILES string of the molecule is COC(=O)[C@@](NCc1ccc(F)c(C)c1)(C(=O)CC#N)C(C)(C)C. The molecule has 0 saturated heterocycles. The summed E-state index contributed by atoms with van der Waals surface area (Å²) >= 11 is 0. The minimum atomic E-state index is -1.67. The van der Waals surface area contributed by atoms with Crippen LogP contribution in [0.5, 0.6) is 0 Å². The highest BCUT2D eigenvalue weighted by Crippen LogP contribution is 2.34. The van der Waals surface area contributed by atoms with E-state index in [0.717, 1.165) is 5.56 Å². The summed E-state index contributed by atoms with van der Waals surface area (Å²) in [5, 5.41) is 11.9. The number of nitrogens with zero attached hydrogens (tertiary/aromatic N) is 1. The van der Waals surface area contributed by atoms with Gasteiger partial charge in [-0.15, -0.1) is 0 Å². The number of esters is 1. The van der Waals surface area contributed by atoms with Crippen molar-refractivity contribution in [3.05, 3.63) is 35.1 Å². The summed E-state index contributed by atoms with van der Waals surface area (Å²) in [5.74, 6) is -1.62. The lowest BCUT2D eigenvalue weighted by Crippen LogP contribution is -2.66. The summed E-state index contributed by atoms with van der Waals surface area (Å²) in [6, 6.07) is 6.34. The first-order chi connectivity index (χ1) is 11.1. The third-order valence-corrected chi connectivity index (χ3v) is 4.05. The molecule has 0 unspecified atom stereocenters. The molecule has 0 spiro atoms. The van der Waals surface area contributed by atoms with Gasteiger partial charge in [-0.1, -0.05) is 32.9 Å². The van der Waals surface area contributed by atoms with Gasteiger partial charge in [-0.2, -0.15) is 5.26 Å². The van der Waals surface area contributed by atoms with Gasteiger partial charge in [0, 0.05) is 6.54 Å². The van der Waals surface area contributed by atoms with Crippen molar-refractivity contribution in [3.8, 4) is 6.07 Å². The number of halogens is 1. The van der Waals surface area contributed by atoms with Gasteiger partial charge in [-0.25, -0.2) is 9.18 Å². The van der Waals surface area contributed by atoms with Gasteiger partial charge in [0.05, 0.1) is 19.6 Å². The van der Waals surface area contributed by atoms with Crippen LogP contribution in [0.15, 0.2) is 18.2 Å². The standard InChI is InChI=1S/C18H23FN2O3/c1-12-10-13(6-7-14(12)19)11-21-18(16(23)24-5,17(2,3)4)15(22)8-9-20/h6-7,10,21H,8,11H2,1-5H3/t18-/m0/s1. The van der Waals surface area contributed by atoms with E-state index in [1.54, 1.807) is 45.9 Å². The van der Waals surface area contributed by atoms with Crippen LogP contribution in [0.3, 0.4) is 0 Å². The van der Waals surface area contributed by atoms with E-state index in [1.807, 2.05) is 0 Å². The largest absolute Gasteiger partial charge is 0.467 e. The number of Topliss-reactive ketones (excluding diaryl/α,β-unsaturated/α-hetero) is 1. The predicted octanol–water partition coefficient (Wildman–Crippen LogP) is 2.66. The second kappa shape index (κ2) is 7.54. The quantitative estimate of drug-likeness (QED) is 0.639. The second-order valence-electron chi connectivity index (χ2n) is 6.69. The van der Waals surface area contributed by atoms with Gasteiger partial charge in [0.2, 0.25) is 0 Å². The van der Waals surface area contributed by atoms with E-state index in [1.165, 1.54) is 13.2 Å². The average Bonchev–Trinajstić information content (AvgIpc) is 2.49. The molecular weight excluding hydrogens is 311 g/mol. The summed E-state index contributed by atoms with van der Waals surface area (Å²) in [6.07, 6.45) is -0.415. The highest BCUT2D eigenvalue weighted by molar-refractivity contribution is 6.10. The minimum absolute atomic E-state index is 0.157. The van der Waals surface area contributed by atoms with Gasteiger partial charge < -0.3 is 4.74 Å². The highest BCUT2D eigenvalue weighted by atomic mass is 19.1. The van der Waals surface area contributed by atoms with E-state index in [4.69, 9.17) is 10.00 Å². The molecule has 1 aromatic rings. The van der Waals surface area contributed by atoms with Gasteiger partial charge in [-0.05, 0) is 29.5 Å². The number of hydrogen-bond acceptors (Lipinski definition) is 5. The van der Waals surface area contributed by atoms with Crippen LogP contribution < -0.4 is 5.32 Å². The first kappa shape index (κ1) is 19.8. The van der Waals surface area contributed by atoms with Crippen LogP contribution in [-0.2, 0) is 20.9 Å². The number of methoxy groups -OCH3 is 1. The Hall–Kier alpha value is -2.26. The fraction of sp³-hybridized carbons (Fsp3) is 0.500. The molecule has 0 aliphatic rings. The first-order valence-electron chi connectivity index (χ1n) is 7.59. The molecule has 1 atom stereocenters. The van der Waals surface area contributed by atoms with Crippen molar-refractivity contribution in [2.45, 2.75) is 46.2 Å². The zero-order valence-electron chi connectivity index (χ0n) is 14.7. The first-order valence-corrected chi connectivity index (χ1v) is 7.59. The summed E-state index contributed by atoms with van der Waals surface area (Å²) in [6.45, 7) is 6.97. The molecule has 0 fully saturated rings. The highest BCUT2D eigenvalue weighted by Gasteiger charge is 2.55. The van der Waals surface area contributed by atoms with Crippen LogP contribution in [0.4, 0.5) is 4.39 Å². The molecular formula is C18H23FN2O3. The Kier molecular flexibility index (Phi) is 6.22. The lowest BCUT2D eigenvalue weighted by molar-refractivity contribution is -0.159. The summed E-state index contributed by atoms with van der Waals surface area (Å²) in [7, 11) is 1.20. The van der Waals surface area contributed by atoms with Crippen molar-refractivity contribution >= 4 is 11.8 Å². The smallest absolute Gasteiger partial charge is 0.334 e. The third kappa shape index (κ3) is 3.80. The molecule has 24 heavy (non-hydrogen) atoms. The molecule has 0 bridgehead atoms. The van der Waals surface area contributed by atoms with Crippen molar-refractivity contribution in [2.24, 2.45) is 5.41 Å². The Morgan fingerprint density at radius 2 is 1.96 bits per heavy atom. The van der Waals surface area contributed by atoms with E-state index in [2.05, 4.69) is 5.32 Å². The van der Waals surface area contributed by atoms with Crippen LogP contribution in [-0.4, -0.2) is 24.4 Å². The third-order valence-electron chi connectivity index (χ3n) is 4.05. The van der Waals surface area contributed by atoms with Crippen LogP contribution in [0, 0.1) is 29.5 Å². The summed E-state index contributed by atoms with van der Waals surface area (Å²) in [5.41, 5.74) is -1.31. The van der Waals surface area contributed by atoms with E-state index in [9.17, 15) is 14.0 Å². The van der Waals surface area contributed by atoms with Crippen LogP contribution in [0.1, 0.15) is 38.3 Å². The predicted molar refractivity (Wildman–Crippen MR) is 87.4 cm³/mol. The molecule has 1 N–H and O–H groups in total. The summed E-state index contributed by atoms with van der Waals surface area (Å²) in [4.78, 5) is 25.1. The molecule has 0 radical (unpaired) electrons. The molecule has 1 rings (SSSR count). The fourth-order valence-electron chi connectivity index (χ4n) is 2.68. The van der Waals surface area contributed by atoms with E-state index in [0.29, 0.717) is 5.56 Å². The zero-order chi connectivity index (χ0) is 18.5. The van der Waals surface area contributed by atoms with Crippen LogP contribution in [0.2, 0.25) is 0 Å². The monoisotopic (exact) mass is 334 g/mol. The van der Waals surface area contributed by atoms with E-state index < -0.39 is 29.1 Å². The number of nitrogens with one attached hydrogen (secondary N) is 1. The number of hydrogen-bond donors (Lipinski definition) is 1. The number of rotatable bonds is 6. The number of ether oxygens (including phenoxy) is 1. The van der Waals surface area contributed by atoms with Crippen molar-refractivity contribution in [2.75, 3.05) is 7.11 Å². The Balaban J connectivity index is 3.26. The summed E-state index contributed by atoms with van der Waals surface area (Å²) < 4.78 is 18.2. The molecule has 5 nitrogen and oxygen atoms in total. The molecule has 0 heterocycles. The van der Waals surface area contributed by atoms with Gasteiger partial charge in [0.25, 0.3) is 0 Å². The Bertz CT molecular complexity index is 674. The molecule has 130 valence electrons. The van der Waals surface area contributed by atoms with Gasteiger partial charge >= 0.3 is 5.97 Å². The van der Waals surface area contributed by atoms with Crippen molar-refractivity contribution < 1.29 is 18.7 Å². The normalized spacial score (nSPS) is 13.7. The molecule has 0 amide bonds. The molecule has 1 aromatic carbocycles. The number of nitriles is 1. The maximum atomic E-state index is 13.4. The molecule has 0 aromatic heterocycles. The number of aryl methyl sites for hydroxylation is 1. The molecule has 0 saturated carbocycles. The Morgan fingerprint density at radius 3 is 2.42 bits per heavy atom. The van der Waals surface area contributed by atoms with Crippen LogP contribution in [0.25, 0.3) is 0 Å². The molecule has 6 heteroatoms. The Morgan fingerprint density at radius 1 is 1.33 bits per heavy atom. The number of benzene rings is 1. The van der Waals surface area contributed by atoms with E-state index in [-0.39, 0.29) is 12.4 Å². The second-order valence-corrected chi connectivity index (χ2v) is 6.69. The van der Waals surface area contributed by atoms with Crippen molar-refractivity contribution in [1.29, 1.82) is 5.26 Å². The minimum Gasteiger partial charge on any atom is -0.467 e. The zero-order valence-corrected chi connectivity index (χ0v) is 14.7. The fourth-order valence-corrected chi connectivity index (χ4v) is 2.68. The Labute approximate surface area is 141 Å². The van der Waals surface area contributed by atoms with Gasteiger partial charge in [-0.3, -0.25) is 10.1 Å². The molecule has 0 aliphatic carbocycles. The lowest BCUT2D eigenvalue weighted by Gasteiger charge is -2.41. The van der Waals surface area contributed by atoms with E-state index >= 15 is 0 Å². The van der Waals surface area contributed by atoms with Crippen LogP contribution >= 0.6 is 0 Å². The van der Waals surface area contributed by atoms with Gasteiger partial charge in [0.1, 0.15) is 5.82 Å². The lowest BCUT2D eigenvalue weighted by atomic mass is 9.70. The van der Waals surface area contributed by atoms with Crippen molar-refractivity contribution in [1.82, 2.24) is 5.32 Å². The molecule has 0 aliphatic heterocycles. The number of carbonyl (C=O) groups is 2. The topological polar surface area (TPSA) is 79.2 Å².